The highest BCUT2D eigenvalue weighted by molar-refractivity contribution is 6.08. The zero-order chi connectivity index (χ0) is 24.9. The SMILES string of the molecule is CCCCC(=O)N(Cc1ccc2c(c1)c1ccccc1n2CCc1nnn[nH]1)C(C(=O)O)C(C)C. The van der Waals surface area contributed by atoms with E-state index in [0.29, 0.717) is 19.4 Å². The minimum atomic E-state index is -0.968. The zero-order valence-corrected chi connectivity index (χ0v) is 20.4. The lowest BCUT2D eigenvalue weighted by atomic mass is 10.00. The first-order chi connectivity index (χ1) is 16.9. The molecule has 0 saturated carbocycles. The molecule has 2 heterocycles. The van der Waals surface area contributed by atoms with Crippen molar-refractivity contribution in [2.24, 2.45) is 5.92 Å². The zero-order valence-electron chi connectivity index (χ0n) is 20.4. The Hall–Kier alpha value is -3.75. The van der Waals surface area contributed by atoms with Crippen LogP contribution in [0.4, 0.5) is 0 Å². The van der Waals surface area contributed by atoms with Crippen LogP contribution in [0.2, 0.25) is 0 Å². The number of tetrazole rings is 1. The summed E-state index contributed by atoms with van der Waals surface area (Å²) in [6.07, 6.45) is 2.64. The Bertz CT molecular complexity index is 1310. The van der Waals surface area contributed by atoms with Gasteiger partial charge in [-0.1, -0.05) is 51.5 Å². The number of carboxylic acid groups (broad SMARTS) is 1. The molecule has 0 fully saturated rings. The van der Waals surface area contributed by atoms with Crippen molar-refractivity contribution in [3.8, 4) is 0 Å². The van der Waals surface area contributed by atoms with Crippen molar-refractivity contribution in [2.45, 2.75) is 65.6 Å². The van der Waals surface area contributed by atoms with Crippen LogP contribution in [-0.2, 0) is 29.1 Å². The Morgan fingerprint density at radius 3 is 2.57 bits per heavy atom. The van der Waals surface area contributed by atoms with E-state index in [1.165, 1.54) is 0 Å². The number of para-hydroxylation sites is 1. The average molecular weight is 477 g/mol. The number of nitrogens with zero attached hydrogens (tertiary/aromatic N) is 5. The van der Waals surface area contributed by atoms with Gasteiger partial charge in [-0.25, -0.2) is 9.89 Å². The van der Waals surface area contributed by atoms with Gasteiger partial charge in [-0.2, -0.15) is 0 Å². The number of rotatable bonds is 11. The first-order valence-electron chi connectivity index (χ1n) is 12.2. The van der Waals surface area contributed by atoms with E-state index in [2.05, 4.69) is 49.5 Å². The third-order valence-electron chi connectivity index (χ3n) is 6.44. The van der Waals surface area contributed by atoms with Gasteiger partial charge >= 0.3 is 5.97 Å². The summed E-state index contributed by atoms with van der Waals surface area (Å²) in [5, 5.41) is 26.2. The van der Waals surface area contributed by atoms with Gasteiger partial charge in [0.15, 0.2) is 0 Å². The topological polar surface area (TPSA) is 117 Å². The normalized spacial score (nSPS) is 12.5. The number of carbonyl (C=O) groups is 2. The van der Waals surface area contributed by atoms with Crippen molar-refractivity contribution in [3.05, 3.63) is 53.9 Å². The predicted octanol–water partition coefficient (Wildman–Crippen LogP) is 4.18. The van der Waals surface area contributed by atoms with Crippen LogP contribution in [0.15, 0.2) is 42.5 Å². The van der Waals surface area contributed by atoms with Crippen LogP contribution >= 0.6 is 0 Å². The van der Waals surface area contributed by atoms with Crippen molar-refractivity contribution in [3.63, 3.8) is 0 Å². The largest absolute Gasteiger partial charge is 0.480 e. The molecule has 0 saturated heterocycles. The number of carbonyl (C=O) groups excluding carboxylic acids is 1. The van der Waals surface area contributed by atoms with Gasteiger partial charge in [-0.05, 0) is 46.5 Å². The summed E-state index contributed by atoms with van der Waals surface area (Å²) in [4.78, 5) is 26.7. The van der Waals surface area contributed by atoms with Gasteiger partial charge in [-0.3, -0.25) is 4.79 Å². The molecule has 2 aromatic heterocycles. The van der Waals surface area contributed by atoms with Crippen LogP contribution in [0.1, 0.15) is 51.4 Å². The molecule has 0 aliphatic carbocycles. The van der Waals surface area contributed by atoms with E-state index in [4.69, 9.17) is 0 Å². The number of carboxylic acids is 1. The standard InChI is InChI=1S/C26H32N6O3/c1-4-5-10-24(33)32(25(17(2)3)26(34)35)16-18-11-12-22-20(15-18)19-8-6-7-9-21(19)31(22)14-13-23-27-29-30-28-23/h6-9,11-12,15,17,25H,4-5,10,13-14,16H2,1-3H3,(H,34,35)(H,27,28,29,30). The number of unbranched alkanes of at least 4 members (excludes halogenated alkanes) is 1. The molecule has 1 amide bonds. The molecule has 2 N–H and O–H groups in total. The molecule has 0 bridgehead atoms. The molecule has 9 heteroatoms. The van der Waals surface area contributed by atoms with Crippen LogP contribution in [0.3, 0.4) is 0 Å². The minimum absolute atomic E-state index is 0.115. The van der Waals surface area contributed by atoms with Gasteiger partial charge in [0.05, 0.1) is 0 Å². The molecular weight excluding hydrogens is 444 g/mol. The fourth-order valence-electron chi connectivity index (χ4n) is 4.73. The van der Waals surface area contributed by atoms with Gasteiger partial charge in [0.1, 0.15) is 11.9 Å². The number of aliphatic carboxylic acids is 1. The number of aromatic nitrogens is 5. The van der Waals surface area contributed by atoms with E-state index in [9.17, 15) is 14.7 Å². The van der Waals surface area contributed by atoms with E-state index in [1.807, 2.05) is 39.0 Å². The predicted molar refractivity (Wildman–Crippen MR) is 134 cm³/mol. The maximum absolute atomic E-state index is 13.1. The molecule has 4 aromatic rings. The molecule has 1 unspecified atom stereocenters. The lowest BCUT2D eigenvalue weighted by Gasteiger charge is -2.32. The van der Waals surface area contributed by atoms with Gasteiger partial charge in [0.2, 0.25) is 5.91 Å². The third-order valence-corrected chi connectivity index (χ3v) is 6.44. The number of amides is 1. The molecule has 0 radical (unpaired) electrons. The third kappa shape index (κ3) is 5.18. The van der Waals surface area contributed by atoms with Crippen molar-refractivity contribution in [1.29, 1.82) is 0 Å². The highest BCUT2D eigenvalue weighted by Crippen LogP contribution is 2.31. The molecule has 2 aromatic carbocycles. The molecule has 0 aliphatic heterocycles. The Morgan fingerprint density at radius 1 is 1.11 bits per heavy atom. The summed E-state index contributed by atoms with van der Waals surface area (Å²) in [5.74, 6) is -0.558. The lowest BCUT2D eigenvalue weighted by Crippen LogP contribution is -2.47. The highest BCUT2D eigenvalue weighted by Gasteiger charge is 2.32. The van der Waals surface area contributed by atoms with E-state index < -0.39 is 12.0 Å². The number of aryl methyl sites for hydroxylation is 2. The van der Waals surface area contributed by atoms with E-state index in [0.717, 1.165) is 46.0 Å². The van der Waals surface area contributed by atoms with Crippen molar-refractivity contribution in [1.82, 2.24) is 30.1 Å². The van der Waals surface area contributed by atoms with Gasteiger partial charge < -0.3 is 14.6 Å². The lowest BCUT2D eigenvalue weighted by molar-refractivity contribution is -0.153. The summed E-state index contributed by atoms with van der Waals surface area (Å²) in [6, 6.07) is 13.5. The second-order valence-corrected chi connectivity index (χ2v) is 9.27. The Kier molecular flexibility index (Phi) is 7.43. The van der Waals surface area contributed by atoms with Gasteiger partial charge in [0, 0.05) is 47.7 Å². The Morgan fingerprint density at radius 2 is 1.89 bits per heavy atom. The number of hydrogen-bond acceptors (Lipinski definition) is 5. The number of benzene rings is 2. The Labute approximate surface area is 204 Å². The average Bonchev–Trinajstić information content (AvgIpc) is 3.46. The number of H-pyrrole nitrogens is 1. The molecule has 1 atom stereocenters. The van der Waals surface area contributed by atoms with Crippen LogP contribution in [0.25, 0.3) is 21.8 Å². The maximum atomic E-state index is 13.1. The second kappa shape index (κ2) is 10.7. The maximum Gasteiger partial charge on any atom is 0.326 e. The Balaban J connectivity index is 1.71. The van der Waals surface area contributed by atoms with Gasteiger partial charge in [0.25, 0.3) is 0 Å². The molecule has 4 rings (SSSR count). The summed E-state index contributed by atoms with van der Waals surface area (Å²) < 4.78 is 2.25. The highest BCUT2D eigenvalue weighted by atomic mass is 16.4. The van der Waals surface area contributed by atoms with Crippen molar-refractivity contribution >= 4 is 33.7 Å². The van der Waals surface area contributed by atoms with Crippen molar-refractivity contribution in [2.75, 3.05) is 0 Å². The van der Waals surface area contributed by atoms with Crippen LogP contribution in [0.5, 0.6) is 0 Å². The summed E-state index contributed by atoms with van der Waals surface area (Å²) >= 11 is 0. The summed E-state index contributed by atoms with van der Waals surface area (Å²) in [6.45, 7) is 6.68. The quantitative estimate of drug-likeness (QED) is 0.335. The monoisotopic (exact) mass is 476 g/mol. The number of hydrogen-bond donors (Lipinski definition) is 2. The molecular formula is C26H32N6O3. The summed E-state index contributed by atoms with van der Waals surface area (Å²) in [5.41, 5.74) is 3.09. The smallest absolute Gasteiger partial charge is 0.326 e. The van der Waals surface area contributed by atoms with E-state index in [-0.39, 0.29) is 18.4 Å². The summed E-state index contributed by atoms with van der Waals surface area (Å²) in [7, 11) is 0. The van der Waals surface area contributed by atoms with Crippen LogP contribution in [-0.4, -0.2) is 53.1 Å². The second-order valence-electron chi connectivity index (χ2n) is 9.27. The van der Waals surface area contributed by atoms with Crippen LogP contribution < -0.4 is 0 Å². The minimum Gasteiger partial charge on any atom is -0.480 e. The number of fused-ring (bicyclic) bond motifs is 3. The molecule has 0 spiro atoms. The van der Waals surface area contributed by atoms with E-state index in [1.54, 1.807) is 4.90 Å². The van der Waals surface area contributed by atoms with Gasteiger partial charge in [-0.15, -0.1) is 5.10 Å². The molecule has 184 valence electrons. The fraction of sp³-hybridized carbons (Fsp3) is 0.423. The molecule has 0 aliphatic rings. The first kappa shape index (κ1) is 24.4. The fourth-order valence-corrected chi connectivity index (χ4v) is 4.73. The molecule has 9 nitrogen and oxygen atoms in total. The first-order valence-corrected chi connectivity index (χ1v) is 12.2. The number of aromatic amines is 1. The van der Waals surface area contributed by atoms with Crippen molar-refractivity contribution < 1.29 is 14.7 Å². The molecule has 35 heavy (non-hydrogen) atoms. The van der Waals surface area contributed by atoms with Crippen LogP contribution in [0, 0.1) is 5.92 Å². The number of nitrogens with one attached hydrogen (secondary N) is 1. The van der Waals surface area contributed by atoms with E-state index >= 15 is 0 Å².